The quantitative estimate of drug-likeness (QED) is 0.306. The topological polar surface area (TPSA) is 115 Å². The molecule has 1 unspecified atom stereocenters. The minimum atomic E-state index is -0.779. The van der Waals surface area contributed by atoms with Gasteiger partial charge in [0.1, 0.15) is 17.9 Å². The second-order valence-electron chi connectivity index (χ2n) is 7.77. The molecule has 33 heavy (non-hydrogen) atoms. The summed E-state index contributed by atoms with van der Waals surface area (Å²) in [6.45, 7) is 2.10. The molecule has 0 aliphatic rings. The number of aryl methyl sites for hydroxylation is 1. The van der Waals surface area contributed by atoms with Gasteiger partial charge in [-0.25, -0.2) is 4.68 Å². The first-order valence-corrected chi connectivity index (χ1v) is 10.9. The van der Waals surface area contributed by atoms with Crippen molar-refractivity contribution in [3.05, 3.63) is 89.5 Å². The molecule has 0 aliphatic carbocycles. The van der Waals surface area contributed by atoms with E-state index in [2.05, 4.69) is 15.6 Å². The number of nitrogens with two attached hydrogens (primary N) is 1. The fourth-order valence-electron chi connectivity index (χ4n) is 3.60. The molecule has 8 heteroatoms. The maximum atomic E-state index is 11.9. The van der Waals surface area contributed by atoms with Gasteiger partial charge in [0.2, 0.25) is 0 Å². The average molecular weight is 446 g/mol. The van der Waals surface area contributed by atoms with E-state index in [-0.39, 0.29) is 5.56 Å². The smallest absolute Gasteiger partial charge is 0.252 e. The molecule has 1 amide bonds. The van der Waals surface area contributed by atoms with Crippen molar-refractivity contribution in [2.75, 3.05) is 13.1 Å². The maximum absolute atomic E-state index is 11.9. The first kappa shape index (κ1) is 22.4. The van der Waals surface area contributed by atoms with Gasteiger partial charge in [-0.2, -0.15) is 0 Å². The SMILES string of the molecule is NC(=O)c1cc(C(O)CNCCCn2nnc3ccccc32)ccc1OCc1ccccc1. The molecule has 1 aromatic heterocycles. The van der Waals surface area contributed by atoms with Crippen LogP contribution in [-0.4, -0.2) is 39.1 Å². The Morgan fingerprint density at radius 2 is 1.88 bits per heavy atom. The first-order valence-electron chi connectivity index (χ1n) is 10.9. The molecule has 1 heterocycles. The molecule has 1 atom stereocenters. The first-order chi connectivity index (χ1) is 16.1. The highest BCUT2D eigenvalue weighted by Gasteiger charge is 2.15. The molecule has 8 nitrogen and oxygen atoms in total. The molecular formula is C25H27N5O3. The summed E-state index contributed by atoms with van der Waals surface area (Å²) in [6, 6.07) is 22.5. The van der Waals surface area contributed by atoms with E-state index in [0.717, 1.165) is 29.6 Å². The van der Waals surface area contributed by atoms with E-state index in [9.17, 15) is 9.90 Å². The summed E-state index contributed by atoms with van der Waals surface area (Å²) in [5.41, 5.74) is 9.27. The molecule has 170 valence electrons. The van der Waals surface area contributed by atoms with Gasteiger partial charge in [0.05, 0.1) is 17.2 Å². The number of benzene rings is 3. The van der Waals surface area contributed by atoms with Gasteiger partial charge in [0.25, 0.3) is 5.91 Å². The van der Waals surface area contributed by atoms with Gasteiger partial charge in [-0.05, 0) is 48.4 Å². The van der Waals surface area contributed by atoms with E-state index in [0.29, 0.717) is 31.0 Å². The molecule has 0 aliphatic heterocycles. The molecular weight excluding hydrogens is 418 g/mol. The average Bonchev–Trinajstić information content (AvgIpc) is 3.26. The van der Waals surface area contributed by atoms with Gasteiger partial charge in [-0.15, -0.1) is 5.10 Å². The molecule has 0 radical (unpaired) electrons. The number of fused-ring (bicyclic) bond motifs is 1. The number of hydrogen-bond donors (Lipinski definition) is 3. The summed E-state index contributed by atoms with van der Waals surface area (Å²) in [5, 5.41) is 22.1. The van der Waals surface area contributed by atoms with Crippen LogP contribution in [0.2, 0.25) is 0 Å². The van der Waals surface area contributed by atoms with E-state index in [1.165, 1.54) is 0 Å². The zero-order valence-electron chi connectivity index (χ0n) is 18.2. The highest BCUT2D eigenvalue weighted by molar-refractivity contribution is 5.95. The van der Waals surface area contributed by atoms with Crippen LogP contribution in [0.25, 0.3) is 11.0 Å². The Kier molecular flexibility index (Phi) is 7.29. The number of amides is 1. The van der Waals surface area contributed by atoms with E-state index in [1.54, 1.807) is 18.2 Å². The molecule has 3 aromatic carbocycles. The third-order valence-corrected chi connectivity index (χ3v) is 5.37. The van der Waals surface area contributed by atoms with Gasteiger partial charge >= 0.3 is 0 Å². The molecule has 0 saturated carbocycles. The van der Waals surface area contributed by atoms with Crippen molar-refractivity contribution in [2.24, 2.45) is 5.73 Å². The number of rotatable bonds is 11. The zero-order valence-corrected chi connectivity index (χ0v) is 18.2. The lowest BCUT2D eigenvalue weighted by Crippen LogP contribution is -2.24. The minimum Gasteiger partial charge on any atom is -0.488 e. The van der Waals surface area contributed by atoms with Crippen LogP contribution in [-0.2, 0) is 13.2 Å². The minimum absolute atomic E-state index is 0.251. The standard InChI is InChI=1S/C25H27N5O3/c26-25(32)20-15-19(11-12-24(20)33-17-18-7-2-1-3-8-18)23(31)16-27-13-6-14-30-22-10-5-4-9-21(22)28-29-30/h1-5,7-12,15,23,27,31H,6,13-14,16-17H2,(H2,26,32). The van der Waals surface area contributed by atoms with Gasteiger partial charge in [-0.3, -0.25) is 4.79 Å². The highest BCUT2D eigenvalue weighted by atomic mass is 16.5. The van der Waals surface area contributed by atoms with E-state index >= 15 is 0 Å². The number of nitrogens with one attached hydrogen (secondary N) is 1. The second kappa shape index (κ2) is 10.7. The molecule has 4 N–H and O–H groups in total. The predicted octanol–water partition coefficient (Wildman–Crippen LogP) is 2.82. The van der Waals surface area contributed by atoms with Crippen LogP contribution >= 0.6 is 0 Å². The van der Waals surface area contributed by atoms with Crippen molar-refractivity contribution in [2.45, 2.75) is 25.7 Å². The summed E-state index contributed by atoms with van der Waals surface area (Å²) < 4.78 is 7.66. The molecule has 0 spiro atoms. The van der Waals surface area contributed by atoms with Crippen molar-refractivity contribution in [1.29, 1.82) is 0 Å². The normalized spacial score (nSPS) is 12.0. The number of nitrogens with zero attached hydrogens (tertiary/aromatic N) is 3. The highest BCUT2D eigenvalue weighted by Crippen LogP contribution is 2.24. The van der Waals surface area contributed by atoms with Crippen LogP contribution in [0.15, 0.2) is 72.8 Å². The number of aromatic nitrogens is 3. The number of aliphatic hydroxyl groups is 1. The summed E-state index contributed by atoms with van der Waals surface area (Å²) in [7, 11) is 0. The third kappa shape index (κ3) is 5.74. The lowest BCUT2D eigenvalue weighted by Gasteiger charge is -2.15. The monoisotopic (exact) mass is 445 g/mol. The Labute approximate surface area is 192 Å². The number of carbonyl (C=O) groups is 1. The van der Waals surface area contributed by atoms with Crippen molar-refractivity contribution in [1.82, 2.24) is 20.3 Å². The number of aliphatic hydroxyl groups excluding tert-OH is 1. The molecule has 0 fully saturated rings. The lowest BCUT2D eigenvalue weighted by molar-refractivity contribution is 0.0995. The Morgan fingerprint density at radius 3 is 2.70 bits per heavy atom. The summed E-state index contributed by atoms with van der Waals surface area (Å²) >= 11 is 0. The summed E-state index contributed by atoms with van der Waals surface area (Å²) in [5.74, 6) is -0.199. The van der Waals surface area contributed by atoms with Gasteiger partial charge < -0.3 is 20.9 Å². The largest absolute Gasteiger partial charge is 0.488 e. The maximum Gasteiger partial charge on any atom is 0.252 e. The van der Waals surface area contributed by atoms with Crippen LogP contribution < -0.4 is 15.8 Å². The van der Waals surface area contributed by atoms with E-state index in [1.807, 2.05) is 59.3 Å². The Hall–Kier alpha value is -3.75. The van der Waals surface area contributed by atoms with E-state index in [4.69, 9.17) is 10.5 Å². The molecule has 0 bridgehead atoms. The van der Waals surface area contributed by atoms with Crippen LogP contribution in [0.3, 0.4) is 0 Å². The predicted molar refractivity (Wildman–Crippen MR) is 126 cm³/mol. The fourth-order valence-corrected chi connectivity index (χ4v) is 3.60. The lowest BCUT2D eigenvalue weighted by atomic mass is 10.0. The number of carbonyl (C=O) groups excluding carboxylic acids is 1. The molecule has 4 rings (SSSR count). The number of para-hydroxylation sites is 1. The Morgan fingerprint density at radius 1 is 1.09 bits per heavy atom. The van der Waals surface area contributed by atoms with Crippen molar-refractivity contribution < 1.29 is 14.6 Å². The van der Waals surface area contributed by atoms with Crippen LogP contribution in [0.4, 0.5) is 0 Å². The molecule has 4 aromatic rings. The number of hydrogen-bond acceptors (Lipinski definition) is 6. The fraction of sp³-hybridized carbons (Fsp3) is 0.240. The van der Waals surface area contributed by atoms with Crippen molar-refractivity contribution >= 4 is 16.9 Å². The van der Waals surface area contributed by atoms with Gasteiger partial charge in [-0.1, -0.05) is 53.7 Å². The van der Waals surface area contributed by atoms with Gasteiger partial charge in [0, 0.05) is 13.1 Å². The number of primary amides is 1. The second-order valence-corrected chi connectivity index (χ2v) is 7.77. The van der Waals surface area contributed by atoms with Crippen LogP contribution in [0.5, 0.6) is 5.75 Å². The van der Waals surface area contributed by atoms with Crippen LogP contribution in [0, 0.1) is 0 Å². The zero-order chi connectivity index (χ0) is 23.0. The van der Waals surface area contributed by atoms with E-state index < -0.39 is 12.0 Å². The Bertz CT molecular complexity index is 1210. The summed E-state index contributed by atoms with van der Waals surface area (Å²) in [6.07, 6.45) is 0.0530. The van der Waals surface area contributed by atoms with Crippen LogP contribution in [0.1, 0.15) is 34.0 Å². The number of ether oxygens (including phenoxy) is 1. The van der Waals surface area contributed by atoms with Crippen molar-refractivity contribution in [3.63, 3.8) is 0 Å². The Balaban J connectivity index is 1.28. The third-order valence-electron chi connectivity index (χ3n) is 5.37. The van der Waals surface area contributed by atoms with Gasteiger partial charge in [0.15, 0.2) is 0 Å². The van der Waals surface area contributed by atoms with Crippen molar-refractivity contribution in [3.8, 4) is 5.75 Å². The summed E-state index contributed by atoms with van der Waals surface area (Å²) in [4.78, 5) is 11.9. The molecule has 0 saturated heterocycles.